The van der Waals surface area contributed by atoms with Crippen LogP contribution in [0.25, 0.3) is 0 Å². The number of rotatable bonds is 4. The summed E-state index contributed by atoms with van der Waals surface area (Å²) in [6.07, 6.45) is -4.85. The summed E-state index contributed by atoms with van der Waals surface area (Å²) in [5, 5.41) is 0. The first kappa shape index (κ1) is 14.1. The van der Waals surface area contributed by atoms with Gasteiger partial charge in [-0.25, -0.2) is 0 Å². The van der Waals surface area contributed by atoms with Gasteiger partial charge in [0.05, 0.1) is 18.7 Å². The summed E-state index contributed by atoms with van der Waals surface area (Å²) in [6.45, 7) is 1.90. The third-order valence-electron chi connectivity index (χ3n) is 1.95. The van der Waals surface area contributed by atoms with E-state index in [2.05, 4.69) is 4.74 Å². The lowest BCUT2D eigenvalue weighted by atomic mass is 10.1. The Morgan fingerprint density at radius 2 is 2.06 bits per heavy atom. The van der Waals surface area contributed by atoms with E-state index in [4.69, 9.17) is 10.5 Å². The lowest BCUT2D eigenvalue weighted by molar-refractivity contribution is -0.274. The fourth-order valence-electron chi connectivity index (χ4n) is 1.30. The van der Waals surface area contributed by atoms with Crippen molar-refractivity contribution in [3.8, 4) is 5.75 Å². The van der Waals surface area contributed by atoms with Crippen molar-refractivity contribution in [2.24, 2.45) is 0 Å². The van der Waals surface area contributed by atoms with E-state index in [0.717, 1.165) is 6.07 Å². The summed E-state index contributed by atoms with van der Waals surface area (Å²) in [7, 11) is 0. The zero-order valence-corrected chi connectivity index (χ0v) is 9.58. The van der Waals surface area contributed by atoms with Crippen LogP contribution in [-0.4, -0.2) is 18.9 Å². The Bertz CT molecular complexity index is 432. The molecule has 18 heavy (non-hydrogen) atoms. The Balaban J connectivity index is 2.76. The monoisotopic (exact) mass is 263 g/mol. The Hall–Kier alpha value is -1.92. The summed E-state index contributed by atoms with van der Waals surface area (Å²) in [4.78, 5) is 11.2. The van der Waals surface area contributed by atoms with E-state index >= 15 is 0 Å². The number of alkyl halides is 3. The molecule has 0 unspecified atom stereocenters. The smallest absolute Gasteiger partial charge is 0.466 e. The van der Waals surface area contributed by atoms with Crippen LogP contribution in [0.15, 0.2) is 18.2 Å². The summed E-state index contributed by atoms with van der Waals surface area (Å²) in [5.41, 5.74) is 5.67. The highest BCUT2D eigenvalue weighted by Gasteiger charge is 2.31. The second-order valence-electron chi connectivity index (χ2n) is 3.40. The number of halogens is 3. The molecule has 100 valence electrons. The largest absolute Gasteiger partial charge is 0.573 e. The van der Waals surface area contributed by atoms with E-state index in [0.29, 0.717) is 5.56 Å². The van der Waals surface area contributed by atoms with Crippen LogP contribution in [0.1, 0.15) is 12.5 Å². The standard InChI is InChI=1S/C11H12F3NO3/c1-2-17-10(16)6-7-3-4-9(8(15)5-7)18-11(12,13)14/h3-5H,2,6,15H2,1H3. The second-order valence-corrected chi connectivity index (χ2v) is 3.40. The van der Waals surface area contributed by atoms with Crippen molar-refractivity contribution < 1.29 is 27.4 Å². The zero-order chi connectivity index (χ0) is 13.8. The molecule has 0 aliphatic heterocycles. The van der Waals surface area contributed by atoms with Crippen molar-refractivity contribution in [1.29, 1.82) is 0 Å². The predicted molar refractivity (Wildman–Crippen MR) is 57.9 cm³/mol. The van der Waals surface area contributed by atoms with Crippen LogP contribution in [0.2, 0.25) is 0 Å². The van der Waals surface area contributed by atoms with Crippen LogP contribution >= 0.6 is 0 Å². The molecule has 0 saturated carbocycles. The van der Waals surface area contributed by atoms with Gasteiger partial charge >= 0.3 is 12.3 Å². The van der Waals surface area contributed by atoms with Gasteiger partial charge in [-0.2, -0.15) is 0 Å². The lowest BCUT2D eigenvalue weighted by Crippen LogP contribution is -2.18. The van der Waals surface area contributed by atoms with Gasteiger partial charge in [0.25, 0.3) is 0 Å². The molecule has 0 amide bonds. The first-order valence-electron chi connectivity index (χ1n) is 5.11. The van der Waals surface area contributed by atoms with Crippen molar-refractivity contribution in [1.82, 2.24) is 0 Å². The minimum atomic E-state index is -4.79. The first-order chi connectivity index (χ1) is 8.31. The molecule has 1 aromatic rings. The predicted octanol–water partition coefficient (Wildman–Crippen LogP) is 2.27. The third kappa shape index (κ3) is 4.52. The molecule has 7 heteroatoms. The number of ether oxygens (including phenoxy) is 2. The molecule has 2 N–H and O–H groups in total. The molecule has 0 aliphatic rings. The van der Waals surface area contributed by atoms with Crippen LogP contribution in [0.3, 0.4) is 0 Å². The van der Waals surface area contributed by atoms with E-state index in [-0.39, 0.29) is 18.7 Å². The van der Waals surface area contributed by atoms with Crippen molar-refractivity contribution in [2.75, 3.05) is 12.3 Å². The van der Waals surface area contributed by atoms with Gasteiger partial charge < -0.3 is 15.2 Å². The van der Waals surface area contributed by atoms with Crippen molar-refractivity contribution in [3.05, 3.63) is 23.8 Å². The second kappa shape index (κ2) is 5.61. The quantitative estimate of drug-likeness (QED) is 0.668. The van der Waals surface area contributed by atoms with Gasteiger partial charge in [-0.15, -0.1) is 13.2 Å². The van der Waals surface area contributed by atoms with E-state index in [1.807, 2.05) is 0 Å². The van der Waals surface area contributed by atoms with E-state index < -0.39 is 18.1 Å². The SMILES string of the molecule is CCOC(=O)Cc1ccc(OC(F)(F)F)c(N)c1. The van der Waals surface area contributed by atoms with Crippen LogP contribution in [-0.2, 0) is 16.0 Å². The van der Waals surface area contributed by atoms with Gasteiger partial charge in [0.15, 0.2) is 5.75 Å². The molecule has 0 aliphatic carbocycles. The fourth-order valence-corrected chi connectivity index (χ4v) is 1.30. The molecule has 0 bridgehead atoms. The van der Waals surface area contributed by atoms with Gasteiger partial charge in [-0.1, -0.05) is 6.07 Å². The third-order valence-corrected chi connectivity index (χ3v) is 1.95. The summed E-state index contributed by atoms with van der Waals surface area (Å²) in [6, 6.07) is 3.64. The lowest BCUT2D eigenvalue weighted by Gasteiger charge is -2.11. The number of carbonyl (C=O) groups is 1. The minimum Gasteiger partial charge on any atom is -0.466 e. The Morgan fingerprint density at radius 3 is 2.56 bits per heavy atom. The number of esters is 1. The molecule has 0 saturated heterocycles. The van der Waals surface area contributed by atoms with Crippen LogP contribution < -0.4 is 10.5 Å². The molecule has 0 atom stereocenters. The Morgan fingerprint density at radius 1 is 1.39 bits per heavy atom. The summed E-state index contributed by atoms with van der Waals surface area (Å²) >= 11 is 0. The number of nitrogen functional groups attached to an aromatic ring is 1. The van der Waals surface area contributed by atoms with Gasteiger partial charge in [0.1, 0.15) is 0 Å². The first-order valence-corrected chi connectivity index (χ1v) is 5.11. The molecule has 1 aromatic carbocycles. The number of carbonyl (C=O) groups excluding carboxylic acids is 1. The molecule has 0 spiro atoms. The molecule has 1 rings (SSSR count). The molecule has 0 aromatic heterocycles. The topological polar surface area (TPSA) is 61.5 Å². The molecule has 4 nitrogen and oxygen atoms in total. The fraction of sp³-hybridized carbons (Fsp3) is 0.364. The van der Waals surface area contributed by atoms with Crippen molar-refractivity contribution in [2.45, 2.75) is 19.7 Å². The average molecular weight is 263 g/mol. The molecule has 0 radical (unpaired) electrons. The van der Waals surface area contributed by atoms with Crippen LogP contribution in [0, 0.1) is 0 Å². The summed E-state index contributed by atoms with van der Waals surface area (Å²) in [5.74, 6) is -0.962. The number of benzene rings is 1. The summed E-state index contributed by atoms with van der Waals surface area (Å²) < 4.78 is 44.3. The number of hydrogen-bond donors (Lipinski definition) is 1. The van der Waals surface area contributed by atoms with E-state index in [1.54, 1.807) is 6.92 Å². The maximum atomic E-state index is 12.0. The highest BCUT2D eigenvalue weighted by Crippen LogP contribution is 2.29. The average Bonchev–Trinajstić information content (AvgIpc) is 2.21. The van der Waals surface area contributed by atoms with Crippen molar-refractivity contribution >= 4 is 11.7 Å². The Labute approximate surface area is 101 Å². The van der Waals surface area contributed by atoms with E-state index in [1.165, 1.54) is 12.1 Å². The maximum Gasteiger partial charge on any atom is 0.573 e. The normalized spacial score (nSPS) is 11.1. The van der Waals surface area contributed by atoms with Gasteiger partial charge in [-0.05, 0) is 24.6 Å². The number of nitrogens with two attached hydrogens (primary N) is 1. The van der Waals surface area contributed by atoms with E-state index in [9.17, 15) is 18.0 Å². The molecular formula is C11H12F3NO3. The van der Waals surface area contributed by atoms with Crippen LogP contribution in [0.4, 0.5) is 18.9 Å². The molecule has 0 fully saturated rings. The van der Waals surface area contributed by atoms with Gasteiger partial charge in [0, 0.05) is 0 Å². The van der Waals surface area contributed by atoms with Gasteiger partial charge in [0.2, 0.25) is 0 Å². The van der Waals surface area contributed by atoms with Crippen molar-refractivity contribution in [3.63, 3.8) is 0 Å². The number of anilines is 1. The van der Waals surface area contributed by atoms with Gasteiger partial charge in [-0.3, -0.25) is 4.79 Å². The highest BCUT2D eigenvalue weighted by molar-refractivity contribution is 5.73. The maximum absolute atomic E-state index is 12.0. The Kier molecular flexibility index (Phi) is 4.41. The molecular weight excluding hydrogens is 251 g/mol. The number of hydrogen-bond acceptors (Lipinski definition) is 4. The zero-order valence-electron chi connectivity index (χ0n) is 9.58. The molecule has 0 heterocycles. The highest BCUT2D eigenvalue weighted by atomic mass is 19.4. The minimum absolute atomic E-state index is 0.0513. The van der Waals surface area contributed by atoms with Crippen LogP contribution in [0.5, 0.6) is 5.75 Å².